The van der Waals surface area contributed by atoms with E-state index >= 15 is 0 Å². The summed E-state index contributed by atoms with van der Waals surface area (Å²) in [5.41, 5.74) is 1.50. The maximum atomic E-state index is 11.1. The van der Waals surface area contributed by atoms with Crippen molar-refractivity contribution in [2.24, 2.45) is 11.3 Å². The smallest absolute Gasteiger partial charge is 0.241 e. The van der Waals surface area contributed by atoms with Gasteiger partial charge in [-0.25, -0.2) is 5.84 Å². The van der Waals surface area contributed by atoms with Crippen molar-refractivity contribution < 1.29 is 14.3 Å². The molecule has 0 aromatic heterocycles. The molecule has 0 fully saturated rings. The molecule has 78 valence electrons. The van der Waals surface area contributed by atoms with Crippen LogP contribution in [-0.4, -0.2) is 32.8 Å². The number of hydrogen-bond acceptors (Lipinski definition) is 4. The lowest BCUT2D eigenvalue weighted by atomic mass is 9.94. The molecule has 3 N–H and O–H groups in total. The highest BCUT2D eigenvalue weighted by atomic mass is 16.5. The molecule has 0 aliphatic heterocycles. The molecular weight excluding hydrogens is 172 g/mol. The average Bonchev–Trinajstić information content (AvgIpc) is 2.11. The lowest BCUT2D eigenvalue weighted by Crippen LogP contribution is -2.43. The van der Waals surface area contributed by atoms with Gasteiger partial charge in [0.05, 0.1) is 25.2 Å². The number of ether oxygens (including phenoxy) is 2. The Labute approximate surface area is 78.5 Å². The molecule has 5 nitrogen and oxygen atoms in total. The number of hydrogen-bond donors (Lipinski definition) is 2. The fourth-order valence-corrected chi connectivity index (χ4v) is 0.730. The molecule has 0 saturated heterocycles. The molecule has 5 heteroatoms. The zero-order valence-corrected chi connectivity index (χ0v) is 8.42. The van der Waals surface area contributed by atoms with E-state index in [2.05, 4.69) is 5.43 Å². The Bertz CT molecular complexity index is 159. The van der Waals surface area contributed by atoms with E-state index in [9.17, 15) is 4.79 Å². The Balaban J connectivity index is 3.69. The fourth-order valence-electron chi connectivity index (χ4n) is 0.730. The SMILES string of the molecule is COCCOCC(C)(C)C(=O)NN. The minimum atomic E-state index is -0.595. The number of hydrazine groups is 1. The van der Waals surface area contributed by atoms with Gasteiger partial charge in [-0.15, -0.1) is 0 Å². The van der Waals surface area contributed by atoms with Crippen LogP contribution in [0, 0.1) is 5.41 Å². The van der Waals surface area contributed by atoms with Gasteiger partial charge < -0.3 is 9.47 Å². The van der Waals surface area contributed by atoms with E-state index in [0.717, 1.165) is 0 Å². The summed E-state index contributed by atoms with van der Waals surface area (Å²) in [4.78, 5) is 11.1. The normalized spacial score (nSPS) is 11.4. The van der Waals surface area contributed by atoms with Crippen molar-refractivity contribution in [3.05, 3.63) is 0 Å². The van der Waals surface area contributed by atoms with Crippen molar-refractivity contribution in [2.75, 3.05) is 26.9 Å². The number of carbonyl (C=O) groups excluding carboxylic acids is 1. The highest BCUT2D eigenvalue weighted by molar-refractivity contribution is 5.81. The first-order valence-electron chi connectivity index (χ1n) is 4.12. The molecule has 0 spiro atoms. The third-order valence-corrected chi connectivity index (χ3v) is 1.64. The highest BCUT2D eigenvalue weighted by Crippen LogP contribution is 2.14. The van der Waals surface area contributed by atoms with Crippen LogP contribution < -0.4 is 11.3 Å². The van der Waals surface area contributed by atoms with E-state index in [1.807, 2.05) is 0 Å². The summed E-state index contributed by atoms with van der Waals surface area (Å²) in [5, 5.41) is 0. The molecule has 1 amide bonds. The first-order chi connectivity index (χ1) is 6.04. The van der Waals surface area contributed by atoms with Gasteiger partial charge in [0.1, 0.15) is 0 Å². The van der Waals surface area contributed by atoms with Crippen LogP contribution in [0.25, 0.3) is 0 Å². The Morgan fingerprint density at radius 2 is 2.08 bits per heavy atom. The van der Waals surface area contributed by atoms with Gasteiger partial charge in [-0.2, -0.15) is 0 Å². The van der Waals surface area contributed by atoms with Crippen molar-refractivity contribution >= 4 is 5.91 Å². The molecule has 0 radical (unpaired) electrons. The molecule has 0 unspecified atom stereocenters. The van der Waals surface area contributed by atoms with Crippen LogP contribution in [0.4, 0.5) is 0 Å². The van der Waals surface area contributed by atoms with Crippen molar-refractivity contribution in [2.45, 2.75) is 13.8 Å². The van der Waals surface area contributed by atoms with E-state index < -0.39 is 5.41 Å². The maximum absolute atomic E-state index is 11.1. The Hall–Kier alpha value is -0.650. The first kappa shape index (κ1) is 12.3. The van der Waals surface area contributed by atoms with Gasteiger partial charge in [-0.3, -0.25) is 10.2 Å². The highest BCUT2D eigenvalue weighted by Gasteiger charge is 2.26. The number of methoxy groups -OCH3 is 1. The van der Waals surface area contributed by atoms with E-state index in [0.29, 0.717) is 19.8 Å². The molecule has 0 bridgehead atoms. The Morgan fingerprint density at radius 3 is 2.54 bits per heavy atom. The molecule has 0 heterocycles. The average molecular weight is 190 g/mol. The summed E-state index contributed by atoms with van der Waals surface area (Å²) in [6, 6.07) is 0. The third-order valence-electron chi connectivity index (χ3n) is 1.64. The number of amides is 1. The third kappa shape index (κ3) is 4.82. The van der Waals surface area contributed by atoms with E-state index in [1.165, 1.54) is 0 Å². The fraction of sp³-hybridized carbons (Fsp3) is 0.875. The van der Waals surface area contributed by atoms with Gasteiger partial charge in [0, 0.05) is 7.11 Å². The van der Waals surface area contributed by atoms with Gasteiger partial charge in [0.2, 0.25) is 5.91 Å². The van der Waals surface area contributed by atoms with Crippen molar-refractivity contribution in [1.29, 1.82) is 0 Å². The number of carbonyl (C=O) groups is 1. The summed E-state index contributed by atoms with van der Waals surface area (Å²) in [6.07, 6.45) is 0. The Kier molecular flexibility index (Phi) is 5.61. The van der Waals surface area contributed by atoms with Crippen LogP contribution in [0.3, 0.4) is 0 Å². The zero-order valence-electron chi connectivity index (χ0n) is 8.42. The lowest BCUT2D eigenvalue weighted by Gasteiger charge is -2.21. The quantitative estimate of drug-likeness (QED) is 0.260. The van der Waals surface area contributed by atoms with Crippen LogP contribution in [0.2, 0.25) is 0 Å². The molecule has 13 heavy (non-hydrogen) atoms. The number of rotatable bonds is 6. The molecule has 0 aromatic carbocycles. The maximum Gasteiger partial charge on any atom is 0.241 e. The van der Waals surface area contributed by atoms with Crippen LogP contribution in [0.1, 0.15) is 13.8 Å². The van der Waals surface area contributed by atoms with Crippen molar-refractivity contribution in [3.63, 3.8) is 0 Å². The summed E-state index contributed by atoms with van der Waals surface area (Å²) in [7, 11) is 1.60. The molecule has 0 atom stereocenters. The summed E-state index contributed by atoms with van der Waals surface area (Å²) < 4.78 is 10.0. The summed E-state index contributed by atoms with van der Waals surface area (Å²) >= 11 is 0. The minimum absolute atomic E-state index is 0.232. The molecule has 0 aliphatic rings. The lowest BCUT2D eigenvalue weighted by molar-refractivity contribution is -0.132. The second-order valence-corrected chi connectivity index (χ2v) is 3.40. The van der Waals surface area contributed by atoms with Gasteiger partial charge >= 0.3 is 0 Å². The zero-order chi connectivity index (χ0) is 10.3. The minimum Gasteiger partial charge on any atom is -0.382 e. The van der Waals surface area contributed by atoms with Crippen LogP contribution in [-0.2, 0) is 14.3 Å². The van der Waals surface area contributed by atoms with Gasteiger partial charge in [-0.05, 0) is 13.8 Å². The number of nitrogens with two attached hydrogens (primary N) is 1. The first-order valence-corrected chi connectivity index (χ1v) is 4.12. The second kappa shape index (κ2) is 5.90. The van der Waals surface area contributed by atoms with Crippen LogP contribution in [0.5, 0.6) is 0 Å². The van der Waals surface area contributed by atoms with Crippen LogP contribution in [0.15, 0.2) is 0 Å². The summed E-state index contributed by atoms with van der Waals surface area (Å²) in [5.74, 6) is 4.78. The standard InChI is InChI=1S/C8H18N2O3/c1-8(2,7(11)10-9)6-13-5-4-12-3/h4-6,9H2,1-3H3,(H,10,11). The summed E-state index contributed by atoms with van der Waals surface area (Å²) in [6.45, 7) is 4.88. The van der Waals surface area contributed by atoms with E-state index in [-0.39, 0.29) is 5.91 Å². The topological polar surface area (TPSA) is 73.6 Å². The molecular formula is C8H18N2O3. The molecule has 0 saturated carbocycles. The van der Waals surface area contributed by atoms with E-state index in [4.69, 9.17) is 15.3 Å². The van der Waals surface area contributed by atoms with Crippen molar-refractivity contribution in [3.8, 4) is 0 Å². The predicted molar refractivity (Wildman–Crippen MR) is 48.8 cm³/mol. The molecule has 0 aromatic rings. The molecule has 0 aliphatic carbocycles. The largest absolute Gasteiger partial charge is 0.382 e. The monoisotopic (exact) mass is 190 g/mol. The Morgan fingerprint density at radius 1 is 1.46 bits per heavy atom. The van der Waals surface area contributed by atoms with Gasteiger partial charge in [-0.1, -0.05) is 0 Å². The van der Waals surface area contributed by atoms with Gasteiger partial charge in [0.15, 0.2) is 0 Å². The predicted octanol–water partition coefficient (Wildman–Crippen LogP) is -0.334. The van der Waals surface area contributed by atoms with Crippen LogP contribution >= 0.6 is 0 Å². The van der Waals surface area contributed by atoms with Crippen molar-refractivity contribution in [1.82, 2.24) is 5.43 Å². The number of nitrogens with one attached hydrogen (secondary N) is 1. The van der Waals surface area contributed by atoms with Gasteiger partial charge in [0.25, 0.3) is 0 Å². The second-order valence-electron chi connectivity index (χ2n) is 3.40. The molecule has 0 rings (SSSR count). The van der Waals surface area contributed by atoms with E-state index in [1.54, 1.807) is 21.0 Å².